The normalized spacial score (nSPS) is 17.1. The molecule has 1 unspecified atom stereocenters. The van der Waals surface area contributed by atoms with Crippen LogP contribution in [-0.4, -0.2) is 43.6 Å². The summed E-state index contributed by atoms with van der Waals surface area (Å²) in [6, 6.07) is 8.10. The van der Waals surface area contributed by atoms with Crippen LogP contribution in [-0.2, 0) is 4.79 Å². The van der Waals surface area contributed by atoms with Gasteiger partial charge in [-0.2, -0.15) is 0 Å². The first kappa shape index (κ1) is 18.3. The first-order valence-corrected chi connectivity index (χ1v) is 7.81. The summed E-state index contributed by atoms with van der Waals surface area (Å²) in [4.78, 5) is 13.9. The average Bonchev–Trinajstić information content (AvgIpc) is 2.98. The highest BCUT2D eigenvalue weighted by Gasteiger charge is 2.22. The van der Waals surface area contributed by atoms with E-state index < -0.39 is 0 Å². The van der Waals surface area contributed by atoms with Crippen molar-refractivity contribution < 1.29 is 9.53 Å². The number of hydrogen-bond donors (Lipinski definition) is 1. The second kappa shape index (κ2) is 9.28. The fourth-order valence-electron chi connectivity index (χ4n) is 2.32. The molecule has 118 valence electrons. The predicted octanol–water partition coefficient (Wildman–Crippen LogP) is 2.85. The molecule has 21 heavy (non-hydrogen) atoms. The van der Waals surface area contributed by atoms with Gasteiger partial charge in [0.25, 0.3) is 0 Å². The van der Waals surface area contributed by atoms with Crippen molar-refractivity contribution in [3.8, 4) is 5.75 Å². The molecule has 0 spiro atoms. The van der Waals surface area contributed by atoms with Crippen molar-refractivity contribution in [2.24, 2.45) is 0 Å². The second-order valence-electron chi connectivity index (χ2n) is 5.03. The summed E-state index contributed by atoms with van der Waals surface area (Å²) in [5.41, 5.74) is 0. The van der Waals surface area contributed by atoms with Crippen LogP contribution in [0.1, 0.15) is 19.3 Å². The maximum atomic E-state index is 12.0. The third kappa shape index (κ3) is 5.49. The van der Waals surface area contributed by atoms with Crippen LogP contribution in [0.2, 0.25) is 0 Å². The number of likely N-dealkylation sites (N-methyl/N-ethyl adjacent to an activating group) is 1. The lowest BCUT2D eigenvalue weighted by Gasteiger charge is -2.23. The Kier molecular flexibility index (Phi) is 8.07. The quantitative estimate of drug-likeness (QED) is 0.775. The Hall–Kier alpha value is -0.780. The smallest absolute Gasteiger partial charge is 0.222 e. The number of rotatable bonds is 6. The molecule has 6 heteroatoms. The molecule has 1 aromatic rings. The molecule has 0 saturated carbocycles. The zero-order valence-corrected chi connectivity index (χ0v) is 14.6. The van der Waals surface area contributed by atoms with Gasteiger partial charge in [0, 0.05) is 26.1 Å². The minimum absolute atomic E-state index is 0. The molecule has 0 radical (unpaired) electrons. The molecule has 1 amide bonds. The van der Waals surface area contributed by atoms with Gasteiger partial charge >= 0.3 is 0 Å². The molecule has 1 heterocycles. The molecule has 0 bridgehead atoms. The molecule has 1 aliphatic heterocycles. The number of halogens is 2. The molecule has 0 aliphatic carbocycles. The van der Waals surface area contributed by atoms with E-state index in [1.165, 1.54) is 0 Å². The Morgan fingerprint density at radius 2 is 2.24 bits per heavy atom. The van der Waals surface area contributed by atoms with E-state index in [2.05, 4.69) is 21.2 Å². The van der Waals surface area contributed by atoms with Gasteiger partial charge in [0.2, 0.25) is 5.91 Å². The van der Waals surface area contributed by atoms with Crippen molar-refractivity contribution >= 4 is 34.2 Å². The fourth-order valence-corrected chi connectivity index (χ4v) is 2.72. The Bertz CT molecular complexity index is 453. The van der Waals surface area contributed by atoms with Gasteiger partial charge in [-0.25, -0.2) is 0 Å². The number of carbonyl (C=O) groups excluding carboxylic acids is 1. The van der Waals surface area contributed by atoms with Crippen molar-refractivity contribution in [3.05, 3.63) is 28.7 Å². The Morgan fingerprint density at radius 1 is 1.48 bits per heavy atom. The molecule has 1 atom stereocenters. The maximum Gasteiger partial charge on any atom is 0.222 e. The van der Waals surface area contributed by atoms with E-state index in [0.29, 0.717) is 19.1 Å². The van der Waals surface area contributed by atoms with Crippen molar-refractivity contribution in [2.75, 3.05) is 26.7 Å². The summed E-state index contributed by atoms with van der Waals surface area (Å²) < 4.78 is 6.61. The highest BCUT2D eigenvalue weighted by molar-refractivity contribution is 9.10. The van der Waals surface area contributed by atoms with Crippen LogP contribution < -0.4 is 10.1 Å². The van der Waals surface area contributed by atoms with Gasteiger partial charge in [0.15, 0.2) is 0 Å². The number of amides is 1. The lowest BCUT2D eigenvalue weighted by Crippen LogP contribution is -2.38. The standard InChI is InChI=1S/C15H21BrN2O2.ClH/c1-18(12-8-9-17-11-12)15(19)7-4-10-20-14-6-3-2-5-13(14)16;/h2-3,5-6,12,17H,4,7-11H2,1H3;1H. The number of hydrogen-bond acceptors (Lipinski definition) is 3. The molecule has 2 rings (SSSR count). The van der Waals surface area contributed by atoms with Gasteiger partial charge in [-0.1, -0.05) is 12.1 Å². The molecule has 1 aromatic carbocycles. The van der Waals surface area contributed by atoms with Gasteiger partial charge in [0.05, 0.1) is 11.1 Å². The van der Waals surface area contributed by atoms with Gasteiger partial charge in [0.1, 0.15) is 5.75 Å². The summed E-state index contributed by atoms with van der Waals surface area (Å²) in [7, 11) is 1.90. The molecular formula is C15H22BrClN2O2. The third-order valence-corrected chi connectivity index (χ3v) is 4.26. The maximum absolute atomic E-state index is 12.0. The number of nitrogens with zero attached hydrogens (tertiary/aromatic N) is 1. The van der Waals surface area contributed by atoms with E-state index in [1.54, 1.807) is 0 Å². The topological polar surface area (TPSA) is 41.6 Å². The predicted molar refractivity (Wildman–Crippen MR) is 90.2 cm³/mol. The first-order valence-electron chi connectivity index (χ1n) is 7.02. The number of ether oxygens (including phenoxy) is 1. The van der Waals surface area contributed by atoms with Crippen molar-refractivity contribution in [2.45, 2.75) is 25.3 Å². The molecule has 1 saturated heterocycles. The highest BCUT2D eigenvalue weighted by Crippen LogP contribution is 2.23. The number of carbonyl (C=O) groups is 1. The van der Waals surface area contributed by atoms with E-state index >= 15 is 0 Å². The molecule has 1 fully saturated rings. The molecular weight excluding hydrogens is 356 g/mol. The Balaban J connectivity index is 0.00000220. The average molecular weight is 378 g/mol. The fraction of sp³-hybridized carbons (Fsp3) is 0.533. The Morgan fingerprint density at radius 3 is 2.90 bits per heavy atom. The number of benzene rings is 1. The largest absolute Gasteiger partial charge is 0.492 e. The Labute approximate surface area is 140 Å². The van der Waals surface area contributed by atoms with Crippen LogP contribution in [0, 0.1) is 0 Å². The first-order chi connectivity index (χ1) is 9.68. The summed E-state index contributed by atoms with van der Waals surface area (Å²) in [5.74, 6) is 1.03. The van der Waals surface area contributed by atoms with E-state index in [1.807, 2.05) is 36.2 Å². The van der Waals surface area contributed by atoms with Crippen molar-refractivity contribution in [1.29, 1.82) is 0 Å². The van der Waals surface area contributed by atoms with Gasteiger partial charge in [-0.3, -0.25) is 4.79 Å². The van der Waals surface area contributed by atoms with E-state index in [4.69, 9.17) is 4.74 Å². The zero-order chi connectivity index (χ0) is 14.4. The summed E-state index contributed by atoms with van der Waals surface area (Å²) in [6.07, 6.45) is 2.33. The highest BCUT2D eigenvalue weighted by atomic mass is 79.9. The van der Waals surface area contributed by atoms with Crippen LogP contribution in [0.5, 0.6) is 5.75 Å². The van der Waals surface area contributed by atoms with E-state index in [-0.39, 0.29) is 18.3 Å². The zero-order valence-electron chi connectivity index (χ0n) is 12.2. The van der Waals surface area contributed by atoms with E-state index in [9.17, 15) is 4.79 Å². The van der Waals surface area contributed by atoms with Crippen LogP contribution >= 0.6 is 28.3 Å². The van der Waals surface area contributed by atoms with E-state index in [0.717, 1.165) is 36.2 Å². The lowest BCUT2D eigenvalue weighted by molar-refractivity contribution is -0.131. The third-order valence-electron chi connectivity index (χ3n) is 3.60. The summed E-state index contributed by atoms with van der Waals surface area (Å²) in [5, 5.41) is 3.28. The molecule has 1 aliphatic rings. The number of para-hydroxylation sites is 1. The van der Waals surface area contributed by atoms with Gasteiger partial charge < -0.3 is 15.0 Å². The van der Waals surface area contributed by atoms with Crippen LogP contribution in [0.4, 0.5) is 0 Å². The SMILES string of the molecule is CN(C(=O)CCCOc1ccccc1Br)C1CCNC1.Cl. The lowest BCUT2D eigenvalue weighted by atomic mass is 10.2. The minimum atomic E-state index is 0. The minimum Gasteiger partial charge on any atom is -0.492 e. The van der Waals surface area contributed by atoms with Crippen molar-refractivity contribution in [3.63, 3.8) is 0 Å². The van der Waals surface area contributed by atoms with Crippen LogP contribution in [0.3, 0.4) is 0 Å². The van der Waals surface area contributed by atoms with Gasteiger partial charge in [-0.05, 0) is 47.4 Å². The second-order valence-corrected chi connectivity index (χ2v) is 5.89. The van der Waals surface area contributed by atoms with Crippen LogP contribution in [0.25, 0.3) is 0 Å². The van der Waals surface area contributed by atoms with Crippen molar-refractivity contribution in [1.82, 2.24) is 10.2 Å². The summed E-state index contributed by atoms with van der Waals surface area (Å²) >= 11 is 3.44. The molecule has 1 N–H and O–H groups in total. The molecule has 4 nitrogen and oxygen atoms in total. The monoisotopic (exact) mass is 376 g/mol. The summed E-state index contributed by atoms with van der Waals surface area (Å²) in [6.45, 7) is 2.48. The molecule has 0 aromatic heterocycles. The number of nitrogens with one attached hydrogen (secondary N) is 1. The van der Waals surface area contributed by atoms with Crippen LogP contribution in [0.15, 0.2) is 28.7 Å². The van der Waals surface area contributed by atoms with Gasteiger partial charge in [-0.15, -0.1) is 12.4 Å².